The van der Waals surface area contributed by atoms with Gasteiger partial charge in [-0.1, -0.05) is 5.16 Å². The monoisotopic (exact) mass is 390 g/mol. The van der Waals surface area contributed by atoms with Gasteiger partial charge in [0.1, 0.15) is 11.5 Å². The number of pyridine rings is 1. The number of carbonyl (C=O) groups is 2. The first-order valence-corrected chi connectivity index (χ1v) is 7.92. The predicted octanol–water partition coefficient (Wildman–Crippen LogP) is 3.90. The number of alkyl halides is 3. The minimum atomic E-state index is -4.46. The molecule has 0 spiro atoms. The van der Waals surface area contributed by atoms with E-state index in [9.17, 15) is 22.8 Å². The van der Waals surface area contributed by atoms with Crippen LogP contribution < -0.4 is 10.6 Å². The van der Waals surface area contributed by atoms with E-state index < -0.39 is 23.6 Å². The number of carbonyl (C=O) groups excluding carboxylic acids is 2. The average molecular weight is 390 g/mol. The van der Waals surface area contributed by atoms with Crippen molar-refractivity contribution >= 4 is 23.3 Å². The summed E-state index contributed by atoms with van der Waals surface area (Å²) >= 11 is 0. The van der Waals surface area contributed by atoms with Gasteiger partial charge in [0.25, 0.3) is 11.8 Å². The van der Waals surface area contributed by atoms with Crippen LogP contribution >= 0.6 is 0 Å². The van der Waals surface area contributed by atoms with Crippen LogP contribution in [-0.2, 0) is 6.18 Å². The van der Waals surface area contributed by atoms with Crippen molar-refractivity contribution < 1.29 is 27.3 Å². The normalized spacial score (nSPS) is 11.1. The molecular formula is C18H13F3N4O3. The molecule has 3 aromatic rings. The summed E-state index contributed by atoms with van der Waals surface area (Å²) in [5.41, 5.74) is -0.576. The van der Waals surface area contributed by atoms with E-state index in [4.69, 9.17) is 4.52 Å². The summed E-state index contributed by atoms with van der Waals surface area (Å²) in [7, 11) is 0. The van der Waals surface area contributed by atoms with E-state index in [1.54, 1.807) is 6.92 Å². The van der Waals surface area contributed by atoms with Crippen molar-refractivity contribution in [1.29, 1.82) is 0 Å². The summed E-state index contributed by atoms with van der Waals surface area (Å²) in [6, 6.07) is 8.14. The van der Waals surface area contributed by atoms with Crippen LogP contribution in [0, 0.1) is 6.92 Å². The van der Waals surface area contributed by atoms with Crippen molar-refractivity contribution in [2.24, 2.45) is 0 Å². The number of aryl methyl sites for hydroxylation is 1. The number of aromatic nitrogens is 2. The van der Waals surface area contributed by atoms with Crippen molar-refractivity contribution in [1.82, 2.24) is 10.1 Å². The smallest absolute Gasteiger partial charge is 0.360 e. The topological polar surface area (TPSA) is 97.1 Å². The van der Waals surface area contributed by atoms with Gasteiger partial charge in [0, 0.05) is 23.5 Å². The Kier molecular flexibility index (Phi) is 5.12. The van der Waals surface area contributed by atoms with Crippen LogP contribution in [0.1, 0.15) is 32.2 Å². The SMILES string of the molecule is Cc1cc(NC(=O)c2cc(C(=O)Nc3ccc(C(F)(F)F)cc3)ccn2)no1. The van der Waals surface area contributed by atoms with Crippen molar-refractivity contribution in [3.8, 4) is 0 Å². The van der Waals surface area contributed by atoms with Crippen LogP contribution in [0.4, 0.5) is 24.7 Å². The van der Waals surface area contributed by atoms with Gasteiger partial charge in [0.05, 0.1) is 5.56 Å². The van der Waals surface area contributed by atoms with E-state index in [0.29, 0.717) is 5.76 Å². The van der Waals surface area contributed by atoms with Crippen LogP contribution in [-0.4, -0.2) is 22.0 Å². The fourth-order valence-corrected chi connectivity index (χ4v) is 2.25. The van der Waals surface area contributed by atoms with Gasteiger partial charge in [-0.2, -0.15) is 13.2 Å². The lowest BCUT2D eigenvalue weighted by molar-refractivity contribution is -0.137. The maximum atomic E-state index is 12.6. The van der Waals surface area contributed by atoms with E-state index in [1.807, 2.05) is 0 Å². The molecule has 2 N–H and O–H groups in total. The van der Waals surface area contributed by atoms with Gasteiger partial charge in [0.15, 0.2) is 5.82 Å². The molecule has 0 aliphatic rings. The number of nitrogens with one attached hydrogen (secondary N) is 2. The Bertz CT molecular complexity index is 1010. The maximum Gasteiger partial charge on any atom is 0.416 e. The van der Waals surface area contributed by atoms with Crippen molar-refractivity contribution in [3.05, 3.63) is 71.2 Å². The van der Waals surface area contributed by atoms with Gasteiger partial charge in [-0.15, -0.1) is 0 Å². The molecule has 7 nitrogen and oxygen atoms in total. The molecule has 2 aromatic heterocycles. The van der Waals surface area contributed by atoms with Gasteiger partial charge < -0.3 is 15.2 Å². The van der Waals surface area contributed by atoms with Gasteiger partial charge in [-0.25, -0.2) is 0 Å². The molecule has 0 fully saturated rings. The average Bonchev–Trinajstić information content (AvgIpc) is 3.06. The van der Waals surface area contributed by atoms with Crippen LogP contribution in [0.3, 0.4) is 0 Å². The molecule has 2 amide bonds. The summed E-state index contributed by atoms with van der Waals surface area (Å²) in [4.78, 5) is 28.4. The molecular weight excluding hydrogens is 377 g/mol. The molecule has 0 aliphatic heterocycles. The van der Waals surface area contributed by atoms with Crippen LogP contribution in [0.15, 0.2) is 53.2 Å². The largest absolute Gasteiger partial charge is 0.416 e. The Hall–Kier alpha value is -3.69. The van der Waals surface area contributed by atoms with Crippen molar-refractivity contribution in [2.75, 3.05) is 10.6 Å². The lowest BCUT2D eigenvalue weighted by Crippen LogP contribution is -2.17. The van der Waals surface area contributed by atoms with Crippen LogP contribution in [0.25, 0.3) is 0 Å². The molecule has 28 heavy (non-hydrogen) atoms. The standard InChI is InChI=1S/C18H13F3N4O3/c1-10-8-15(25-28-10)24-17(27)14-9-11(6-7-22-14)16(26)23-13-4-2-12(3-5-13)18(19,20)21/h2-9H,1H3,(H,23,26)(H,24,25,27). The first kappa shape index (κ1) is 19.1. The lowest BCUT2D eigenvalue weighted by atomic mass is 10.1. The number of hydrogen-bond acceptors (Lipinski definition) is 5. The van der Waals surface area contributed by atoms with Crippen molar-refractivity contribution in [2.45, 2.75) is 13.1 Å². The molecule has 0 radical (unpaired) electrons. The first-order chi connectivity index (χ1) is 13.2. The number of amides is 2. The molecule has 0 atom stereocenters. The van der Waals surface area contributed by atoms with Gasteiger partial charge in [-0.05, 0) is 43.3 Å². The third-order valence-electron chi connectivity index (χ3n) is 3.59. The van der Waals surface area contributed by atoms with E-state index in [0.717, 1.165) is 24.3 Å². The summed E-state index contributed by atoms with van der Waals surface area (Å²) < 4.78 is 42.6. The minimum Gasteiger partial charge on any atom is -0.360 e. The zero-order chi connectivity index (χ0) is 20.3. The zero-order valence-corrected chi connectivity index (χ0v) is 14.4. The molecule has 1 aromatic carbocycles. The Labute approximate surface area is 156 Å². The quantitative estimate of drug-likeness (QED) is 0.704. The number of hydrogen-bond donors (Lipinski definition) is 2. The summed E-state index contributed by atoms with van der Waals surface area (Å²) in [6.45, 7) is 1.66. The summed E-state index contributed by atoms with van der Waals surface area (Å²) in [5.74, 6) is -0.497. The summed E-state index contributed by atoms with van der Waals surface area (Å²) in [5, 5.41) is 8.56. The third kappa shape index (κ3) is 4.53. The molecule has 0 saturated heterocycles. The Morgan fingerprint density at radius 2 is 1.71 bits per heavy atom. The number of benzene rings is 1. The molecule has 0 unspecified atom stereocenters. The molecule has 0 aliphatic carbocycles. The van der Waals surface area contributed by atoms with E-state index in [1.165, 1.54) is 24.4 Å². The molecule has 3 rings (SSSR count). The van der Waals surface area contributed by atoms with Gasteiger partial charge >= 0.3 is 6.18 Å². The zero-order valence-electron chi connectivity index (χ0n) is 14.4. The second-order valence-corrected chi connectivity index (χ2v) is 5.74. The van der Waals surface area contributed by atoms with Crippen LogP contribution in [0.2, 0.25) is 0 Å². The fourth-order valence-electron chi connectivity index (χ4n) is 2.25. The van der Waals surface area contributed by atoms with Gasteiger partial charge in [-0.3, -0.25) is 14.6 Å². The second kappa shape index (κ2) is 7.51. The van der Waals surface area contributed by atoms with Crippen LogP contribution in [0.5, 0.6) is 0 Å². The molecule has 0 saturated carbocycles. The minimum absolute atomic E-state index is 0.0410. The third-order valence-corrected chi connectivity index (χ3v) is 3.59. The summed E-state index contributed by atoms with van der Waals surface area (Å²) in [6.07, 6.45) is -3.19. The Morgan fingerprint density at radius 3 is 2.32 bits per heavy atom. The molecule has 144 valence electrons. The van der Waals surface area contributed by atoms with E-state index >= 15 is 0 Å². The molecule has 2 heterocycles. The number of anilines is 2. The number of halogens is 3. The Balaban J connectivity index is 1.70. The molecule has 0 bridgehead atoms. The van der Waals surface area contributed by atoms with E-state index in [-0.39, 0.29) is 22.8 Å². The highest BCUT2D eigenvalue weighted by Gasteiger charge is 2.30. The van der Waals surface area contributed by atoms with Gasteiger partial charge in [0.2, 0.25) is 0 Å². The highest BCUT2D eigenvalue weighted by atomic mass is 19.4. The number of rotatable bonds is 4. The Morgan fingerprint density at radius 1 is 1.00 bits per heavy atom. The second-order valence-electron chi connectivity index (χ2n) is 5.74. The fraction of sp³-hybridized carbons (Fsp3) is 0.111. The first-order valence-electron chi connectivity index (χ1n) is 7.92. The highest BCUT2D eigenvalue weighted by Crippen LogP contribution is 2.29. The lowest BCUT2D eigenvalue weighted by Gasteiger charge is -2.09. The van der Waals surface area contributed by atoms with E-state index in [2.05, 4.69) is 20.8 Å². The highest BCUT2D eigenvalue weighted by molar-refractivity contribution is 6.07. The van der Waals surface area contributed by atoms with Crippen molar-refractivity contribution in [3.63, 3.8) is 0 Å². The predicted molar refractivity (Wildman–Crippen MR) is 92.8 cm³/mol. The molecule has 10 heteroatoms. The number of nitrogens with zero attached hydrogens (tertiary/aromatic N) is 2. The maximum absolute atomic E-state index is 12.6.